The molecule has 0 aliphatic rings. The molecule has 0 saturated carbocycles. The first kappa shape index (κ1) is 12.8. The van der Waals surface area contributed by atoms with Crippen LogP contribution in [0.25, 0.3) is 0 Å². The van der Waals surface area contributed by atoms with Crippen molar-refractivity contribution in [3.8, 4) is 0 Å². The predicted molar refractivity (Wildman–Crippen MR) is 71.2 cm³/mol. The quantitative estimate of drug-likeness (QED) is 0.845. The zero-order valence-corrected chi connectivity index (χ0v) is 11.3. The zero-order valence-electron chi connectivity index (χ0n) is 11.3. The van der Waals surface area contributed by atoms with E-state index in [1.165, 1.54) is 5.69 Å². The lowest BCUT2D eigenvalue weighted by Crippen LogP contribution is -2.27. The molecule has 2 aromatic rings. The lowest BCUT2D eigenvalue weighted by molar-refractivity contribution is 0.499. The number of nitrogens with zero attached hydrogens (tertiary/aromatic N) is 4. The van der Waals surface area contributed by atoms with Crippen molar-refractivity contribution in [3.63, 3.8) is 0 Å². The van der Waals surface area contributed by atoms with Crippen LogP contribution in [0, 0.1) is 0 Å². The number of hydrogen-bond donors (Lipinski definition) is 1. The molecule has 0 aliphatic carbocycles. The second-order valence-electron chi connectivity index (χ2n) is 4.37. The highest BCUT2D eigenvalue weighted by atomic mass is 15.3. The van der Waals surface area contributed by atoms with E-state index >= 15 is 0 Å². The van der Waals surface area contributed by atoms with Crippen LogP contribution in [0.2, 0.25) is 0 Å². The topological polar surface area (TPSA) is 47.7 Å². The third-order valence-corrected chi connectivity index (χ3v) is 3.01. The van der Waals surface area contributed by atoms with Gasteiger partial charge in [-0.15, -0.1) is 0 Å². The minimum Gasteiger partial charge on any atom is -0.336 e. The highest BCUT2D eigenvalue weighted by molar-refractivity contribution is 5.17. The van der Waals surface area contributed by atoms with Gasteiger partial charge >= 0.3 is 0 Å². The summed E-state index contributed by atoms with van der Waals surface area (Å²) in [6.07, 6.45) is 6.74. The molecule has 0 spiro atoms. The van der Waals surface area contributed by atoms with Crippen LogP contribution in [0.4, 0.5) is 0 Å². The summed E-state index contributed by atoms with van der Waals surface area (Å²) < 4.78 is 4.11. The van der Waals surface area contributed by atoms with Gasteiger partial charge in [-0.1, -0.05) is 13.8 Å². The summed E-state index contributed by atoms with van der Waals surface area (Å²) in [6.45, 7) is 6.11. The van der Waals surface area contributed by atoms with Crippen molar-refractivity contribution >= 4 is 0 Å². The predicted octanol–water partition coefficient (Wildman–Crippen LogP) is 1.73. The van der Waals surface area contributed by atoms with Crippen LogP contribution < -0.4 is 5.32 Å². The molecule has 0 aromatic carbocycles. The second-order valence-corrected chi connectivity index (χ2v) is 4.37. The van der Waals surface area contributed by atoms with Crippen molar-refractivity contribution in [1.29, 1.82) is 0 Å². The first-order valence-corrected chi connectivity index (χ1v) is 6.50. The van der Waals surface area contributed by atoms with Crippen LogP contribution in [0.15, 0.2) is 24.7 Å². The molecule has 0 radical (unpaired) electrons. The summed E-state index contributed by atoms with van der Waals surface area (Å²) in [4.78, 5) is 4.45. The van der Waals surface area contributed by atoms with Gasteiger partial charge in [0.1, 0.15) is 11.9 Å². The molecular weight excluding hydrogens is 226 g/mol. The van der Waals surface area contributed by atoms with Crippen LogP contribution in [-0.2, 0) is 13.6 Å². The van der Waals surface area contributed by atoms with Crippen molar-refractivity contribution in [2.75, 3.05) is 6.54 Å². The Morgan fingerprint density at radius 1 is 1.33 bits per heavy atom. The van der Waals surface area contributed by atoms with E-state index in [-0.39, 0.29) is 6.04 Å². The number of imidazole rings is 1. The SMILES string of the molecule is CCCn1nccc1C(NCC)c1nccn1C. The van der Waals surface area contributed by atoms with Crippen LogP contribution in [0.5, 0.6) is 0 Å². The largest absolute Gasteiger partial charge is 0.336 e. The van der Waals surface area contributed by atoms with Gasteiger partial charge in [0.05, 0.1) is 5.69 Å². The monoisotopic (exact) mass is 247 g/mol. The summed E-state index contributed by atoms with van der Waals surface area (Å²) in [5, 5.41) is 7.87. The van der Waals surface area contributed by atoms with Crippen LogP contribution in [0.3, 0.4) is 0 Å². The van der Waals surface area contributed by atoms with Crippen molar-refractivity contribution < 1.29 is 0 Å². The molecule has 0 fully saturated rings. The molecule has 2 aromatic heterocycles. The Balaban J connectivity index is 2.35. The third-order valence-electron chi connectivity index (χ3n) is 3.01. The second kappa shape index (κ2) is 5.82. The van der Waals surface area contributed by atoms with E-state index in [0.717, 1.165) is 25.3 Å². The lowest BCUT2D eigenvalue weighted by Gasteiger charge is -2.19. The van der Waals surface area contributed by atoms with Crippen molar-refractivity contribution in [2.24, 2.45) is 7.05 Å². The van der Waals surface area contributed by atoms with Crippen LogP contribution in [0.1, 0.15) is 37.8 Å². The maximum absolute atomic E-state index is 4.45. The Morgan fingerprint density at radius 2 is 2.17 bits per heavy atom. The van der Waals surface area contributed by atoms with E-state index in [0.29, 0.717) is 0 Å². The molecule has 1 N–H and O–H groups in total. The smallest absolute Gasteiger partial charge is 0.131 e. The Labute approximate surface area is 108 Å². The Hall–Kier alpha value is -1.62. The molecule has 0 aliphatic heterocycles. The molecule has 0 amide bonds. The van der Waals surface area contributed by atoms with Gasteiger partial charge in [0.15, 0.2) is 0 Å². The molecule has 5 heteroatoms. The fraction of sp³-hybridized carbons (Fsp3) is 0.538. The van der Waals surface area contributed by atoms with Gasteiger partial charge in [-0.2, -0.15) is 5.10 Å². The molecule has 0 saturated heterocycles. The summed E-state index contributed by atoms with van der Waals surface area (Å²) in [5.74, 6) is 1.02. The number of nitrogens with one attached hydrogen (secondary N) is 1. The van der Waals surface area contributed by atoms with Crippen molar-refractivity contribution in [3.05, 3.63) is 36.2 Å². The van der Waals surface area contributed by atoms with Gasteiger partial charge in [-0.25, -0.2) is 4.98 Å². The average Bonchev–Trinajstić information content (AvgIpc) is 2.96. The minimum absolute atomic E-state index is 0.101. The van der Waals surface area contributed by atoms with E-state index in [1.54, 1.807) is 0 Å². The van der Waals surface area contributed by atoms with E-state index in [9.17, 15) is 0 Å². The van der Waals surface area contributed by atoms with Gasteiger partial charge < -0.3 is 9.88 Å². The van der Waals surface area contributed by atoms with E-state index in [2.05, 4.69) is 44.6 Å². The molecule has 18 heavy (non-hydrogen) atoms. The molecule has 2 rings (SSSR count). The highest BCUT2D eigenvalue weighted by Crippen LogP contribution is 2.20. The summed E-state index contributed by atoms with van der Waals surface area (Å²) >= 11 is 0. The zero-order chi connectivity index (χ0) is 13.0. The Morgan fingerprint density at radius 3 is 2.78 bits per heavy atom. The number of aromatic nitrogens is 4. The van der Waals surface area contributed by atoms with E-state index < -0.39 is 0 Å². The van der Waals surface area contributed by atoms with Gasteiger partial charge in [-0.05, 0) is 19.0 Å². The van der Waals surface area contributed by atoms with Crippen LogP contribution in [-0.4, -0.2) is 25.9 Å². The number of aryl methyl sites for hydroxylation is 2. The van der Waals surface area contributed by atoms with Crippen molar-refractivity contribution in [2.45, 2.75) is 32.9 Å². The standard InChI is InChI=1S/C13H21N5/c1-4-9-18-11(6-7-16-18)12(14-5-2)13-15-8-10-17(13)3/h6-8,10,12,14H,4-5,9H2,1-3H3. The van der Waals surface area contributed by atoms with Gasteiger partial charge in [0.2, 0.25) is 0 Å². The average molecular weight is 247 g/mol. The van der Waals surface area contributed by atoms with Crippen molar-refractivity contribution in [1.82, 2.24) is 24.6 Å². The molecule has 5 nitrogen and oxygen atoms in total. The minimum atomic E-state index is 0.101. The molecule has 1 unspecified atom stereocenters. The fourth-order valence-corrected chi connectivity index (χ4v) is 2.17. The van der Waals surface area contributed by atoms with Crippen LogP contribution >= 0.6 is 0 Å². The summed E-state index contributed by atoms with van der Waals surface area (Å²) in [6, 6.07) is 2.17. The van der Waals surface area contributed by atoms with Gasteiger partial charge in [0.25, 0.3) is 0 Å². The van der Waals surface area contributed by atoms with E-state index in [4.69, 9.17) is 0 Å². The van der Waals surface area contributed by atoms with Gasteiger partial charge in [-0.3, -0.25) is 4.68 Å². The Kier molecular flexibility index (Phi) is 4.15. The molecule has 0 bridgehead atoms. The van der Waals surface area contributed by atoms with E-state index in [1.807, 2.05) is 25.6 Å². The fourth-order valence-electron chi connectivity index (χ4n) is 2.17. The molecular formula is C13H21N5. The first-order valence-electron chi connectivity index (χ1n) is 6.50. The summed E-state index contributed by atoms with van der Waals surface area (Å²) in [7, 11) is 2.02. The molecule has 2 heterocycles. The van der Waals surface area contributed by atoms with Gasteiger partial charge in [0, 0.05) is 32.2 Å². The highest BCUT2D eigenvalue weighted by Gasteiger charge is 2.20. The number of hydrogen-bond acceptors (Lipinski definition) is 3. The maximum atomic E-state index is 4.45. The third kappa shape index (κ3) is 2.46. The number of rotatable bonds is 6. The first-order chi connectivity index (χ1) is 8.77. The Bertz CT molecular complexity index is 485. The molecule has 98 valence electrons. The summed E-state index contributed by atoms with van der Waals surface area (Å²) in [5.41, 5.74) is 1.17. The normalized spacial score (nSPS) is 12.8. The molecule has 1 atom stereocenters. The lowest BCUT2D eigenvalue weighted by atomic mass is 10.2. The maximum Gasteiger partial charge on any atom is 0.131 e.